The maximum absolute atomic E-state index is 12.4. The number of rotatable bonds is 4. The molecule has 150 valence electrons. The Balaban J connectivity index is 1.42. The third kappa shape index (κ3) is 4.95. The second-order valence-corrected chi connectivity index (χ2v) is 7.11. The van der Waals surface area contributed by atoms with Crippen molar-refractivity contribution >= 4 is 17.4 Å². The maximum Gasteiger partial charge on any atom is 0.323 e. The third-order valence-electron chi connectivity index (χ3n) is 4.84. The van der Waals surface area contributed by atoms with Crippen LogP contribution in [-0.4, -0.2) is 11.0 Å². The van der Waals surface area contributed by atoms with Gasteiger partial charge in [0.25, 0.3) is 0 Å². The van der Waals surface area contributed by atoms with Gasteiger partial charge < -0.3 is 10.6 Å². The summed E-state index contributed by atoms with van der Waals surface area (Å²) in [6, 6.07) is 28.4. The number of anilines is 2. The van der Waals surface area contributed by atoms with Crippen LogP contribution < -0.4 is 10.6 Å². The van der Waals surface area contributed by atoms with Gasteiger partial charge in [0.15, 0.2) is 0 Å². The predicted octanol–water partition coefficient (Wildman–Crippen LogP) is 6.24. The number of benzene rings is 3. The largest absolute Gasteiger partial charge is 0.323 e. The van der Waals surface area contributed by atoms with Gasteiger partial charge in [0.2, 0.25) is 0 Å². The molecule has 0 radical (unpaired) electrons. The quantitative estimate of drug-likeness (QED) is 0.423. The molecule has 3 aromatic carbocycles. The normalized spacial score (nSPS) is 10.2. The molecule has 0 atom stereocenters. The average molecular weight is 404 g/mol. The van der Waals surface area contributed by atoms with Crippen molar-refractivity contribution in [1.29, 1.82) is 5.26 Å². The first-order chi connectivity index (χ1) is 15.1. The number of carbonyl (C=O) groups excluding carboxylic acids is 1. The molecule has 1 heterocycles. The van der Waals surface area contributed by atoms with Gasteiger partial charge in [-0.1, -0.05) is 36.4 Å². The van der Waals surface area contributed by atoms with Gasteiger partial charge in [-0.05, 0) is 77.7 Å². The second kappa shape index (κ2) is 8.93. The van der Waals surface area contributed by atoms with E-state index >= 15 is 0 Å². The van der Waals surface area contributed by atoms with Crippen LogP contribution in [0.15, 0.2) is 91.1 Å². The summed E-state index contributed by atoms with van der Waals surface area (Å²) in [5.41, 5.74) is 7.04. The van der Waals surface area contributed by atoms with Crippen molar-refractivity contribution in [2.45, 2.75) is 6.92 Å². The summed E-state index contributed by atoms with van der Waals surface area (Å²) in [5.74, 6) is 0. The number of amides is 2. The van der Waals surface area contributed by atoms with Gasteiger partial charge in [0, 0.05) is 23.3 Å². The molecule has 0 aliphatic heterocycles. The molecule has 5 heteroatoms. The monoisotopic (exact) mass is 404 g/mol. The van der Waals surface area contributed by atoms with Crippen molar-refractivity contribution in [2.24, 2.45) is 0 Å². The van der Waals surface area contributed by atoms with E-state index in [-0.39, 0.29) is 6.03 Å². The molecule has 1 aromatic heterocycles. The number of carbonyl (C=O) groups is 1. The van der Waals surface area contributed by atoms with Gasteiger partial charge in [-0.25, -0.2) is 4.79 Å². The van der Waals surface area contributed by atoms with Crippen molar-refractivity contribution < 1.29 is 4.79 Å². The zero-order valence-electron chi connectivity index (χ0n) is 17.0. The molecule has 2 N–H and O–H groups in total. The molecule has 5 nitrogen and oxygen atoms in total. The van der Waals surface area contributed by atoms with E-state index in [0.29, 0.717) is 16.9 Å². The van der Waals surface area contributed by atoms with Gasteiger partial charge >= 0.3 is 6.03 Å². The Hall–Kier alpha value is -4.43. The zero-order chi connectivity index (χ0) is 21.6. The third-order valence-corrected chi connectivity index (χ3v) is 4.84. The lowest BCUT2D eigenvalue weighted by molar-refractivity contribution is 0.262. The summed E-state index contributed by atoms with van der Waals surface area (Å²) in [7, 11) is 0. The smallest absolute Gasteiger partial charge is 0.308 e. The fourth-order valence-corrected chi connectivity index (χ4v) is 3.28. The van der Waals surface area contributed by atoms with E-state index < -0.39 is 0 Å². The Kier molecular flexibility index (Phi) is 5.72. The highest BCUT2D eigenvalue weighted by atomic mass is 16.2. The molecule has 0 aliphatic rings. The van der Waals surface area contributed by atoms with Crippen LogP contribution in [-0.2, 0) is 0 Å². The van der Waals surface area contributed by atoms with Crippen LogP contribution in [0.5, 0.6) is 0 Å². The maximum atomic E-state index is 12.4. The van der Waals surface area contributed by atoms with Gasteiger partial charge in [-0.3, -0.25) is 4.98 Å². The molecular weight excluding hydrogens is 384 g/mol. The fraction of sp³-hybridized carbons (Fsp3) is 0.0385. The number of hydrogen-bond acceptors (Lipinski definition) is 3. The number of aromatic nitrogens is 1. The van der Waals surface area contributed by atoms with E-state index in [2.05, 4.69) is 21.7 Å². The number of nitrogens with one attached hydrogen (secondary N) is 2. The molecule has 0 fully saturated rings. The molecule has 0 unspecified atom stereocenters. The van der Waals surface area contributed by atoms with E-state index in [1.165, 1.54) is 0 Å². The SMILES string of the molecule is Cc1cc(-c2ccc(NC(=O)Nc3cccc(-c4ccc(C#N)cc4)c3)cc2)ccn1. The Morgan fingerprint density at radius 3 is 2.10 bits per heavy atom. The molecule has 0 bridgehead atoms. The summed E-state index contributed by atoms with van der Waals surface area (Å²) in [6.45, 7) is 1.96. The highest BCUT2D eigenvalue weighted by Crippen LogP contribution is 2.24. The summed E-state index contributed by atoms with van der Waals surface area (Å²) >= 11 is 0. The van der Waals surface area contributed by atoms with Crippen LogP contribution in [0.4, 0.5) is 16.2 Å². The lowest BCUT2D eigenvalue weighted by atomic mass is 10.0. The van der Waals surface area contributed by atoms with Crippen LogP contribution >= 0.6 is 0 Å². The minimum Gasteiger partial charge on any atom is -0.308 e. The van der Waals surface area contributed by atoms with E-state index in [1.807, 2.05) is 79.7 Å². The first-order valence-corrected chi connectivity index (χ1v) is 9.82. The molecule has 2 amide bonds. The number of nitriles is 1. The number of nitrogens with zero attached hydrogens (tertiary/aromatic N) is 2. The Bertz CT molecular complexity index is 1260. The van der Waals surface area contributed by atoms with Crippen LogP contribution in [0.1, 0.15) is 11.3 Å². The van der Waals surface area contributed by atoms with Gasteiger partial charge in [-0.2, -0.15) is 5.26 Å². The van der Waals surface area contributed by atoms with Crippen LogP contribution in [0.3, 0.4) is 0 Å². The first kappa shape index (κ1) is 19.9. The highest BCUT2D eigenvalue weighted by molar-refractivity contribution is 6.00. The van der Waals surface area contributed by atoms with E-state index in [4.69, 9.17) is 5.26 Å². The van der Waals surface area contributed by atoms with E-state index in [9.17, 15) is 4.79 Å². The van der Waals surface area contributed by atoms with Gasteiger partial charge in [0.05, 0.1) is 11.6 Å². The minimum atomic E-state index is -0.315. The standard InChI is InChI=1S/C26H20N4O/c1-18-15-23(13-14-28-18)21-9-11-24(12-10-21)29-26(31)30-25-4-2-3-22(16-25)20-7-5-19(17-27)6-8-20/h2-16H,1H3,(H2,29,30,31). The van der Waals surface area contributed by atoms with Crippen LogP contribution in [0, 0.1) is 18.3 Å². The molecule has 31 heavy (non-hydrogen) atoms. The molecule has 4 aromatic rings. The number of pyridine rings is 1. The number of hydrogen-bond donors (Lipinski definition) is 2. The lowest BCUT2D eigenvalue weighted by Gasteiger charge is -2.10. The molecular formula is C26H20N4O. The Labute approximate surface area is 181 Å². The minimum absolute atomic E-state index is 0.315. The van der Waals surface area contributed by atoms with E-state index in [0.717, 1.165) is 27.9 Å². The topological polar surface area (TPSA) is 77.8 Å². The molecule has 0 aliphatic carbocycles. The molecule has 0 saturated heterocycles. The summed E-state index contributed by atoms with van der Waals surface area (Å²) in [5, 5.41) is 14.7. The van der Waals surface area contributed by atoms with Crippen molar-refractivity contribution in [3.05, 3.63) is 102 Å². The summed E-state index contributed by atoms with van der Waals surface area (Å²) in [6.07, 6.45) is 1.79. The predicted molar refractivity (Wildman–Crippen MR) is 124 cm³/mol. The number of aryl methyl sites for hydroxylation is 1. The van der Waals surface area contributed by atoms with Crippen LogP contribution in [0.25, 0.3) is 22.3 Å². The highest BCUT2D eigenvalue weighted by Gasteiger charge is 2.06. The molecule has 4 rings (SSSR count). The number of urea groups is 1. The van der Waals surface area contributed by atoms with Gasteiger partial charge in [0.1, 0.15) is 0 Å². The van der Waals surface area contributed by atoms with Crippen molar-refractivity contribution in [2.75, 3.05) is 10.6 Å². The molecule has 0 spiro atoms. The zero-order valence-corrected chi connectivity index (χ0v) is 17.0. The summed E-state index contributed by atoms with van der Waals surface area (Å²) < 4.78 is 0. The van der Waals surface area contributed by atoms with Crippen molar-refractivity contribution in [1.82, 2.24) is 4.98 Å². The van der Waals surface area contributed by atoms with E-state index in [1.54, 1.807) is 18.3 Å². The Morgan fingerprint density at radius 2 is 1.42 bits per heavy atom. The summed E-state index contributed by atoms with van der Waals surface area (Å²) in [4.78, 5) is 16.7. The lowest BCUT2D eigenvalue weighted by Crippen LogP contribution is -2.19. The average Bonchev–Trinajstić information content (AvgIpc) is 2.80. The van der Waals surface area contributed by atoms with Crippen molar-refractivity contribution in [3.63, 3.8) is 0 Å². The fourth-order valence-electron chi connectivity index (χ4n) is 3.28. The van der Waals surface area contributed by atoms with Crippen molar-refractivity contribution in [3.8, 4) is 28.3 Å². The van der Waals surface area contributed by atoms with Gasteiger partial charge in [-0.15, -0.1) is 0 Å². The molecule has 0 saturated carbocycles. The first-order valence-electron chi connectivity index (χ1n) is 9.82. The van der Waals surface area contributed by atoms with Crippen LogP contribution in [0.2, 0.25) is 0 Å². The Morgan fingerprint density at radius 1 is 0.774 bits per heavy atom. The second-order valence-electron chi connectivity index (χ2n) is 7.11.